The summed E-state index contributed by atoms with van der Waals surface area (Å²) >= 11 is 6.23. The molecule has 1 fully saturated rings. The van der Waals surface area contributed by atoms with Crippen molar-refractivity contribution in [2.45, 2.75) is 20.3 Å². The van der Waals surface area contributed by atoms with E-state index in [1.165, 1.54) is 47.1 Å². The minimum absolute atomic E-state index is 0.0222. The summed E-state index contributed by atoms with van der Waals surface area (Å²) in [7, 11) is 4.44. The molecule has 0 radical (unpaired) electrons. The molecule has 12 heteroatoms. The van der Waals surface area contributed by atoms with Crippen LogP contribution in [0.25, 0.3) is 6.08 Å². The minimum atomic E-state index is -0.935. The van der Waals surface area contributed by atoms with Gasteiger partial charge in [-0.2, -0.15) is 5.10 Å². The van der Waals surface area contributed by atoms with Crippen molar-refractivity contribution in [1.82, 2.24) is 19.8 Å². The summed E-state index contributed by atoms with van der Waals surface area (Å²) in [5, 5.41) is 7.34. The molecule has 0 saturated carbocycles. The molecule has 1 aromatic carbocycles. The summed E-state index contributed by atoms with van der Waals surface area (Å²) in [5.74, 6) is -0.652. The maximum atomic E-state index is 13.3. The maximum absolute atomic E-state index is 13.3. The van der Waals surface area contributed by atoms with Crippen LogP contribution in [-0.4, -0.2) is 71.7 Å². The van der Waals surface area contributed by atoms with Crippen LogP contribution >= 0.6 is 11.6 Å². The average Bonchev–Trinajstić information content (AvgIpc) is 3.42. The highest BCUT2D eigenvalue weighted by molar-refractivity contribution is 6.31. The number of aryl methyl sites for hydroxylation is 2. The number of nitrogens with zero attached hydrogens (tertiary/aromatic N) is 4. The number of rotatable bonds is 7. The molecular weight excluding hydrogens is 480 g/mol. The number of carbonyl (C=O) groups is 3. The molecule has 2 heterocycles. The van der Waals surface area contributed by atoms with Crippen molar-refractivity contribution in [3.8, 4) is 17.2 Å². The number of hydrogen-bond acceptors (Lipinski definition) is 8. The molecule has 2 amide bonds. The van der Waals surface area contributed by atoms with Gasteiger partial charge in [0.25, 0.3) is 11.8 Å². The molecule has 188 valence electrons. The second kappa shape index (κ2) is 11.1. The smallest absolute Gasteiger partial charge is 0.493 e. The summed E-state index contributed by atoms with van der Waals surface area (Å²) in [6, 6.07) is 2.82. The zero-order valence-electron chi connectivity index (χ0n) is 20.2. The fourth-order valence-corrected chi connectivity index (χ4v) is 3.85. The summed E-state index contributed by atoms with van der Waals surface area (Å²) < 4.78 is 22.1. The Hall–Kier alpha value is -3.73. The van der Waals surface area contributed by atoms with Crippen molar-refractivity contribution in [3.63, 3.8) is 0 Å². The lowest BCUT2D eigenvalue weighted by atomic mass is 10.1. The van der Waals surface area contributed by atoms with Crippen LogP contribution in [0.2, 0.25) is 5.15 Å². The molecule has 11 nitrogen and oxygen atoms in total. The van der Waals surface area contributed by atoms with E-state index in [-0.39, 0.29) is 35.3 Å². The molecule has 0 bridgehead atoms. The van der Waals surface area contributed by atoms with Gasteiger partial charge in [0.15, 0.2) is 11.5 Å². The van der Waals surface area contributed by atoms with Crippen molar-refractivity contribution < 1.29 is 33.3 Å². The third kappa shape index (κ3) is 5.51. The van der Waals surface area contributed by atoms with Gasteiger partial charge in [-0.3, -0.25) is 14.3 Å². The van der Waals surface area contributed by atoms with Crippen molar-refractivity contribution >= 4 is 35.6 Å². The molecule has 0 unspecified atom stereocenters. The van der Waals surface area contributed by atoms with E-state index in [1.54, 1.807) is 27.0 Å². The number of methoxy groups -OCH3 is 2. The third-order valence-corrected chi connectivity index (χ3v) is 5.71. The standard InChI is InChI=1S/C23H27ClN4O7/c1-6-34-23(31)35-20-17(32-4)12-15(13-18(20)33-5)22(30)28-11-7-10-27(28)19(29)9-8-16-14(2)25-26(3)21(16)24/h8-9,12-13H,6-7,10-11H2,1-5H3/b9-8+. The van der Waals surface area contributed by atoms with Gasteiger partial charge in [0.2, 0.25) is 5.75 Å². The summed E-state index contributed by atoms with van der Waals surface area (Å²) in [5.41, 5.74) is 1.50. The molecule has 0 N–H and O–H groups in total. The van der Waals surface area contributed by atoms with Crippen molar-refractivity contribution in [3.05, 3.63) is 40.2 Å². The Balaban J connectivity index is 1.85. The van der Waals surface area contributed by atoms with Gasteiger partial charge in [-0.15, -0.1) is 0 Å². The van der Waals surface area contributed by atoms with Crippen LogP contribution in [0.1, 0.15) is 35.0 Å². The molecule has 1 aliphatic heterocycles. The van der Waals surface area contributed by atoms with Gasteiger partial charge in [-0.1, -0.05) is 11.6 Å². The molecule has 0 aliphatic carbocycles. The van der Waals surface area contributed by atoms with Crippen LogP contribution in [-0.2, 0) is 16.6 Å². The van der Waals surface area contributed by atoms with Gasteiger partial charge in [0, 0.05) is 37.3 Å². The first-order chi connectivity index (χ1) is 16.7. The van der Waals surface area contributed by atoms with Gasteiger partial charge in [-0.25, -0.2) is 14.8 Å². The van der Waals surface area contributed by atoms with Gasteiger partial charge >= 0.3 is 6.16 Å². The molecule has 1 aromatic heterocycles. The Morgan fingerprint density at radius 3 is 2.29 bits per heavy atom. The largest absolute Gasteiger partial charge is 0.514 e. The highest BCUT2D eigenvalue weighted by Crippen LogP contribution is 2.39. The Kier molecular flexibility index (Phi) is 8.23. The highest BCUT2D eigenvalue weighted by atomic mass is 35.5. The Morgan fingerprint density at radius 2 is 1.74 bits per heavy atom. The lowest BCUT2D eigenvalue weighted by Gasteiger charge is -2.27. The summed E-state index contributed by atoms with van der Waals surface area (Å²) in [6.07, 6.45) is 2.62. The Morgan fingerprint density at radius 1 is 1.11 bits per heavy atom. The number of hydrazine groups is 1. The topological polar surface area (TPSA) is 112 Å². The summed E-state index contributed by atoms with van der Waals surface area (Å²) in [6.45, 7) is 4.27. The van der Waals surface area contributed by atoms with Crippen molar-refractivity contribution in [2.24, 2.45) is 7.05 Å². The van der Waals surface area contributed by atoms with Gasteiger partial charge in [-0.05, 0) is 38.5 Å². The zero-order chi connectivity index (χ0) is 25.7. The van der Waals surface area contributed by atoms with Crippen LogP contribution in [0.4, 0.5) is 4.79 Å². The van der Waals surface area contributed by atoms with Crippen LogP contribution in [0.15, 0.2) is 18.2 Å². The quantitative estimate of drug-likeness (QED) is 0.319. The lowest BCUT2D eigenvalue weighted by Crippen LogP contribution is -2.44. The predicted molar refractivity (Wildman–Crippen MR) is 127 cm³/mol. The predicted octanol–water partition coefficient (Wildman–Crippen LogP) is 3.24. The van der Waals surface area contributed by atoms with E-state index in [4.69, 9.17) is 30.5 Å². The molecule has 2 aromatic rings. The normalized spacial score (nSPS) is 13.3. The number of hydrogen-bond donors (Lipinski definition) is 0. The van der Waals surface area contributed by atoms with E-state index >= 15 is 0 Å². The number of amides is 2. The molecule has 0 spiro atoms. The first-order valence-electron chi connectivity index (χ1n) is 10.8. The van der Waals surface area contributed by atoms with Gasteiger partial charge < -0.3 is 18.9 Å². The van der Waals surface area contributed by atoms with Crippen LogP contribution < -0.4 is 14.2 Å². The number of benzene rings is 1. The minimum Gasteiger partial charge on any atom is -0.493 e. The summed E-state index contributed by atoms with van der Waals surface area (Å²) in [4.78, 5) is 38.1. The lowest BCUT2D eigenvalue weighted by molar-refractivity contribution is -0.134. The van der Waals surface area contributed by atoms with E-state index in [0.717, 1.165) is 0 Å². The van der Waals surface area contributed by atoms with Gasteiger partial charge in [0.05, 0.1) is 26.5 Å². The fourth-order valence-electron chi connectivity index (χ4n) is 3.61. The number of aromatic nitrogens is 2. The van der Waals surface area contributed by atoms with E-state index < -0.39 is 12.1 Å². The van der Waals surface area contributed by atoms with Crippen LogP contribution in [0.3, 0.4) is 0 Å². The Bertz CT molecular complexity index is 1140. The molecule has 1 saturated heterocycles. The Labute approximate surface area is 207 Å². The van der Waals surface area contributed by atoms with E-state index in [9.17, 15) is 14.4 Å². The average molecular weight is 507 g/mol. The second-order valence-corrected chi connectivity index (χ2v) is 7.84. The third-order valence-electron chi connectivity index (χ3n) is 5.26. The van der Waals surface area contributed by atoms with Crippen LogP contribution in [0.5, 0.6) is 17.2 Å². The SMILES string of the molecule is CCOC(=O)Oc1c(OC)cc(C(=O)N2CCCN2C(=O)/C=C/c2c(C)nn(C)c2Cl)cc1OC. The zero-order valence-corrected chi connectivity index (χ0v) is 20.9. The first-order valence-corrected chi connectivity index (χ1v) is 11.2. The fraction of sp³-hybridized carbons (Fsp3) is 0.391. The van der Waals surface area contributed by atoms with Gasteiger partial charge in [0.1, 0.15) is 5.15 Å². The molecular formula is C23H27ClN4O7. The number of ether oxygens (including phenoxy) is 4. The highest BCUT2D eigenvalue weighted by Gasteiger charge is 2.32. The van der Waals surface area contributed by atoms with Crippen LogP contribution in [0, 0.1) is 6.92 Å². The van der Waals surface area contributed by atoms with Crippen molar-refractivity contribution in [1.29, 1.82) is 0 Å². The molecule has 1 aliphatic rings. The maximum Gasteiger partial charge on any atom is 0.514 e. The first kappa shape index (κ1) is 25.9. The number of halogens is 1. The second-order valence-electron chi connectivity index (χ2n) is 7.49. The molecule has 35 heavy (non-hydrogen) atoms. The van der Waals surface area contributed by atoms with E-state index in [2.05, 4.69) is 5.10 Å². The monoisotopic (exact) mass is 506 g/mol. The molecule has 3 rings (SSSR count). The van der Waals surface area contributed by atoms with E-state index in [0.29, 0.717) is 35.9 Å². The van der Waals surface area contributed by atoms with E-state index in [1.807, 2.05) is 0 Å². The number of carbonyl (C=O) groups excluding carboxylic acids is 3. The molecule has 0 atom stereocenters. The van der Waals surface area contributed by atoms with Crippen molar-refractivity contribution in [2.75, 3.05) is 33.9 Å².